The van der Waals surface area contributed by atoms with Crippen molar-refractivity contribution < 1.29 is 13.5 Å². The number of thiophene rings is 2. The Balaban J connectivity index is 0.00000338. The molecule has 0 saturated heterocycles. The molecule has 1 unspecified atom stereocenters. The molecule has 10 heteroatoms. The van der Waals surface area contributed by atoms with Crippen LogP contribution in [0.4, 0.5) is 0 Å². The molecule has 0 bridgehead atoms. The monoisotopic (exact) mass is 529 g/mol. The lowest BCUT2D eigenvalue weighted by Crippen LogP contribution is -2.39. The maximum atomic E-state index is 12.2. The fourth-order valence-electron chi connectivity index (χ4n) is 2.22. The van der Waals surface area contributed by atoms with Crippen molar-refractivity contribution in [1.82, 2.24) is 10.2 Å². The van der Waals surface area contributed by atoms with Gasteiger partial charge in [0.1, 0.15) is 4.21 Å². The highest BCUT2D eigenvalue weighted by Crippen LogP contribution is 2.18. The summed E-state index contributed by atoms with van der Waals surface area (Å²) < 4.78 is 24.7. The van der Waals surface area contributed by atoms with Crippen molar-refractivity contribution in [3.63, 3.8) is 0 Å². The highest BCUT2D eigenvalue weighted by atomic mass is 127. The van der Waals surface area contributed by atoms with E-state index in [2.05, 4.69) is 15.7 Å². The molecular weight excluding hydrogens is 505 g/mol. The van der Waals surface area contributed by atoms with Crippen LogP contribution >= 0.6 is 46.7 Å². The van der Waals surface area contributed by atoms with Crippen molar-refractivity contribution in [2.45, 2.75) is 23.8 Å². The highest BCUT2D eigenvalue weighted by Gasteiger charge is 2.20. The van der Waals surface area contributed by atoms with Crippen LogP contribution in [0.2, 0.25) is 0 Å². The van der Waals surface area contributed by atoms with Crippen LogP contribution in [-0.2, 0) is 16.4 Å². The first-order valence-corrected chi connectivity index (χ1v) is 11.3. The zero-order valence-electron chi connectivity index (χ0n) is 14.7. The van der Waals surface area contributed by atoms with Gasteiger partial charge in [-0.1, -0.05) is 6.07 Å². The van der Waals surface area contributed by atoms with Crippen LogP contribution in [0.3, 0.4) is 0 Å². The molecule has 26 heavy (non-hydrogen) atoms. The Kier molecular flexibility index (Phi) is 10.1. The van der Waals surface area contributed by atoms with Crippen LogP contribution in [0, 0.1) is 0 Å². The van der Waals surface area contributed by atoms with E-state index in [0.717, 1.165) is 11.3 Å². The van der Waals surface area contributed by atoms with Crippen LogP contribution in [-0.4, -0.2) is 56.4 Å². The number of nitrogens with one attached hydrogen (secondary N) is 1. The molecule has 0 saturated carbocycles. The summed E-state index contributed by atoms with van der Waals surface area (Å²) >= 11 is 2.79. The van der Waals surface area contributed by atoms with Crippen LogP contribution in [0.15, 0.2) is 43.5 Å². The van der Waals surface area contributed by atoms with Crippen molar-refractivity contribution in [2.24, 2.45) is 4.99 Å². The Labute approximate surface area is 179 Å². The number of rotatable bonds is 8. The zero-order chi connectivity index (χ0) is 18.3. The minimum absolute atomic E-state index is 0. The lowest BCUT2D eigenvalue weighted by atomic mass is 10.3. The number of nitrogens with zero attached hydrogens (tertiary/aromatic N) is 2. The van der Waals surface area contributed by atoms with Crippen LogP contribution in [0.25, 0.3) is 0 Å². The first-order valence-electron chi connectivity index (χ1n) is 7.87. The van der Waals surface area contributed by atoms with E-state index in [4.69, 9.17) is 0 Å². The van der Waals surface area contributed by atoms with Gasteiger partial charge in [0.15, 0.2) is 15.8 Å². The number of aliphatic hydroxyl groups is 1. The number of hydrogen-bond donors (Lipinski definition) is 2. The molecule has 0 spiro atoms. The fourth-order valence-corrected chi connectivity index (χ4v) is 5.35. The first kappa shape index (κ1) is 23.3. The van der Waals surface area contributed by atoms with Gasteiger partial charge < -0.3 is 15.3 Å². The van der Waals surface area contributed by atoms with Gasteiger partial charge in [0.25, 0.3) is 0 Å². The second-order valence-electron chi connectivity index (χ2n) is 5.55. The molecule has 146 valence electrons. The summed E-state index contributed by atoms with van der Waals surface area (Å²) in [5.41, 5.74) is 1.18. The van der Waals surface area contributed by atoms with Crippen LogP contribution < -0.4 is 5.32 Å². The summed E-state index contributed by atoms with van der Waals surface area (Å²) in [5.74, 6) is 0.311. The SMILES string of the molecule is CCNC(=NCC(O)CS(=O)(=O)c1cccs1)N(C)Cc1ccsc1.I. The van der Waals surface area contributed by atoms with Crippen molar-refractivity contribution in [2.75, 3.05) is 25.9 Å². The number of halogens is 1. The van der Waals surface area contributed by atoms with Gasteiger partial charge >= 0.3 is 0 Å². The third-order valence-electron chi connectivity index (χ3n) is 3.36. The molecule has 2 heterocycles. The van der Waals surface area contributed by atoms with Gasteiger partial charge in [0.05, 0.1) is 18.4 Å². The quantitative estimate of drug-likeness (QED) is 0.312. The molecule has 2 aromatic rings. The molecule has 0 amide bonds. The lowest BCUT2D eigenvalue weighted by Gasteiger charge is -2.22. The molecule has 1 atom stereocenters. The number of sulfone groups is 1. The third-order valence-corrected chi connectivity index (χ3v) is 7.38. The van der Waals surface area contributed by atoms with Crippen molar-refractivity contribution in [3.8, 4) is 0 Å². The summed E-state index contributed by atoms with van der Waals surface area (Å²) in [4.78, 5) is 6.33. The third kappa shape index (κ3) is 7.14. The predicted molar refractivity (Wildman–Crippen MR) is 120 cm³/mol. The Hall–Kier alpha value is -0.690. The van der Waals surface area contributed by atoms with Crippen molar-refractivity contribution >= 4 is 62.4 Å². The molecule has 0 aliphatic rings. The van der Waals surface area contributed by atoms with E-state index < -0.39 is 15.9 Å². The zero-order valence-corrected chi connectivity index (χ0v) is 19.4. The number of aliphatic hydroxyl groups excluding tert-OH is 1. The molecule has 6 nitrogen and oxygen atoms in total. The maximum Gasteiger partial charge on any atom is 0.194 e. The van der Waals surface area contributed by atoms with E-state index in [1.54, 1.807) is 28.8 Å². The van der Waals surface area contributed by atoms with Gasteiger partial charge in [-0.15, -0.1) is 35.3 Å². The fraction of sp³-hybridized carbons (Fsp3) is 0.438. The van der Waals surface area contributed by atoms with E-state index in [-0.39, 0.29) is 40.5 Å². The summed E-state index contributed by atoms with van der Waals surface area (Å²) in [6, 6.07) is 5.28. The van der Waals surface area contributed by atoms with E-state index in [0.29, 0.717) is 19.0 Å². The second kappa shape index (κ2) is 11.2. The normalized spacial score (nSPS) is 13.1. The van der Waals surface area contributed by atoms with Crippen molar-refractivity contribution in [1.29, 1.82) is 0 Å². The second-order valence-corrected chi connectivity index (χ2v) is 9.54. The van der Waals surface area contributed by atoms with Crippen LogP contribution in [0.1, 0.15) is 12.5 Å². The lowest BCUT2D eigenvalue weighted by molar-refractivity contribution is 0.205. The van der Waals surface area contributed by atoms with Gasteiger partial charge in [0, 0.05) is 20.1 Å². The Bertz CT molecular complexity index is 762. The van der Waals surface area contributed by atoms with E-state index in [1.165, 1.54) is 5.56 Å². The summed E-state index contributed by atoms with van der Waals surface area (Å²) in [6.07, 6.45) is -1.05. The standard InChI is InChI=1S/C16H23N3O3S3.HI/c1-3-17-16(19(2)10-13-6-8-23-11-13)18-9-14(20)12-25(21,22)15-5-4-7-24-15;/h4-8,11,14,20H,3,9-10,12H2,1-2H3,(H,17,18);1H. The predicted octanol–water partition coefficient (Wildman–Crippen LogP) is 2.66. The van der Waals surface area contributed by atoms with Gasteiger partial charge in [-0.25, -0.2) is 8.42 Å². The van der Waals surface area contributed by atoms with Gasteiger partial charge in [-0.05, 0) is 40.8 Å². The molecule has 0 aromatic carbocycles. The van der Waals surface area contributed by atoms with Crippen molar-refractivity contribution in [3.05, 3.63) is 39.9 Å². The number of guanidine groups is 1. The number of aliphatic imine (C=N–C) groups is 1. The molecule has 2 aromatic heterocycles. The molecular formula is C16H24IN3O3S3. The molecule has 0 radical (unpaired) electrons. The van der Waals surface area contributed by atoms with E-state index >= 15 is 0 Å². The largest absolute Gasteiger partial charge is 0.390 e. The Morgan fingerprint density at radius 1 is 1.38 bits per heavy atom. The highest BCUT2D eigenvalue weighted by molar-refractivity contribution is 14.0. The minimum Gasteiger partial charge on any atom is -0.390 e. The van der Waals surface area contributed by atoms with Gasteiger partial charge in [-0.3, -0.25) is 4.99 Å². The first-order chi connectivity index (χ1) is 11.9. The molecule has 0 fully saturated rings. The molecule has 2 N–H and O–H groups in total. The summed E-state index contributed by atoms with van der Waals surface area (Å²) in [7, 11) is -1.56. The Morgan fingerprint density at radius 3 is 2.73 bits per heavy atom. The van der Waals surface area contributed by atoms with E-state index in [1.807, 2.05) is 30.3 Å². The molecule has 0 aliphatic heterocycles. The maximum absolute atomic E-state index is 12.2. The average molecular weight is 529 g/mol. The Morgan fingerprint density at radius 2 is 2.15 bits per heavy atom. The van der Waals surface area contributed by atoms with Crippen LogP contribution in [0.5, 0.6) is 0 Å². The smallest absolute Gasteiger partial charge is 0.194 e. The van der Waals surface area contributed by atoms with Gasteiger partial charge in [-0.2, -0.15) is 11.3 Å². The summed E-state index contributed by atoms with van der Waals surface area (Å²) in [6.45, 7) is 3.38. The van der Waals surface area contributed by atoms with Gasteiger partial charge in [0.2, 0.25) is 0 Å². The molecule has 0 aliphatic carbocycles. The number of hydrogen-bond acceptors (Lipinski definition) is 6. The molecule has 2 rings (SSSR count). The van der Waals surface area contributed by atoms with E-state index in [9.17, 15) is 13.5 Å². The minimum atomic E-state index is -3.47. The topological polar surface area (TPSA) is 82.0 Å². The average Bonchev–Trinajstić information content (AvgIpc) is 3.24. The summed E-state index contributed by atoms with van der Waals surface area (Å²) in [5, 5.41) is 19.1.